The number of fused-ring (bicyclic) bond motifs is 1. The molecule has 0 radical (unpaired) electrons. The lowest BCUT2D eigenvalue weighted by Crippen LogP contribution is -2.55. The van der Waals surface area contributed by atoms with Crippen LogP contribution in [0.1, 0.15) is 30.6 Å². The first-order valence-electron chi connectivity index (χ1n) is 7.52. The monoisotopic (exact) mass is 325 g/mol. The lowest BCUT2D eigenvalue weighted by atomic mass is 9.48. The Balaban J connectivity index is 1.85. The van der Waals surface area contributed by atoms with Crippen LogP contribution in [0.25, 0.3) is 0 Å². The number of halogens is 2. The van der Waals surface area contributed by atoms with Gasteiger partial charge in [-0.2, -0.15) is 0 Å². The summed E-state index contributed by atoms with van der Waals surface area (Å²) in [5.41, 5.74) is 0.266. The van der Waals surface area contributed by atoms with E-state index in [2.05, 4.69) is 13.8 Å². The van der Waals surface area contributed by atoms with E-state index in [1.807, 2.05) is 0 Å². The van der Waals surface area contributed by atoms with E-state index in [1.54, 1.807) is 12.0 Å². The Labute approximate surface area is 135 Å². The summed E-state index contributed by atoms with van der Waals surface area (Å²) in [6.07, 6.45) is 1.03. The van der Waals surface area contributed by atoms with Gasteiger partial charge < -0.3 is 9.64 Å². The zero-order valence-corrected chi connectivity index (χ0v) is 13.9. The van der Waals surface area contributed by atoms with E-state index in [4.69, 9.17) is 16.3 Å². The standard InChI is InChI=1S/C17H21ClFNO2/c1-16(2)8-17(10-22-3)9-20(7-14(16)17)15(21)12-6-11(18)4-5-13(12)19/h4-6,14H,7-10H2,1-3H3/t14-,17-/m1/s1. The van der Waals surface area contributed by atoms with E-state index >= 15 is 0 Å². The fourth-order valence-corrected chi connectivity index (χ4v) is 4.77. The van der Waals surface area contributed by atoms with Crippen molar-refractivity contribution >= 4 is 17.5 Å². The number of nitrogens with zero attached hydrogens (tertiary/aromatic N) is 1. The predicted octanol–water partition coefficient (Wildman–Crippen LogP) is 3.61. The van der Waals surface area contributed by atoms with Crippen LogP contribution in [0.15, 0.2) is 18.2 Å². The van der Waals surface area contributed by atoms with Gasteiger partial charge in [0.1, 0.15) is 5.82 Å². The van der Waals surface area contributed by atoms with Crippen LogP contribution in [0.2, 0.25) is 5.02 Å². The molecule has 2 aliphatic rings. The number of ether oxygens (including phenoxy) is 1. The largest absolute Gasteiger partial charge is 0.384 e. The number of rotatable bonds is 3. The molecular weight excluding hydrogens is 305 g/mol. The first-order valence-corrected chi connectivity index (χ1v) is 7.90. The lowest BCUT2D eigenvalue weighted by Gasteiger charge is -2.56. The van der Waals surface area contributed by atoms with Crippen molar-refractivity contribution in [1.82, 2.24) is 4.90 Å². The first-order chi connectivity index (χ1) is 10.3. The smallest absolute Gasteiger partial charge is 0.256 e. The number of hydrogen-bond acceptors (Lipinski definition) is 2. The van der Waals surface area contributed by atoms with Gasteiger partial charge >= 0.3 is 0 Å². The second kappa shape index (κ2) is 5.20. The molecule has 0 bridgehead atoms. The van der Waals surface area contributed by atoms with Gasteiger partial charge in [-0.05, 0) is 36.0 Å². The molecule has 2 fully saturated rings. The van der Waals surface area contributed by atoms with Crippen LogP contribution < -0.4 is 0 Å². The molecule has 1 saturated carbocycles. The van der Waals surface area contributed by atoms with Gasteiger partial charge in [-0.25, -0.2) is 4.39 Å². The number of methoxy groups -OCH3 is 1. The highest BCUT2D eigenvalue weighted by atomic mass is 35.5. The third-order valence-electron chi connectivity index (χ3n) is 5.28. The van der Waals surface area contributed by atoms with Crippen molar-refractivity contribution in [2.45, 2.75) is 20.3 Å². The summed E-state index contributed by atoms with van der Waals surface area (Å²) >= 11 is 5.90. The second-order valence-electron chi connectivity index (χ2n) is 7.32. The van der Waals surface area contributed by atoms with E-state index in [-0.39, 0.29) is 22.3 Å². The van der Waals surface area contributed by atoms with Crippen molar-refractivity contribution < 1.29 is 13.9 Å². The van der Waals surface area contributed by atoms with Crippen LogP contribution in [0.5, 0.6) is 0 Å². The SMILES string of the molecule is COC[C@@]12CN(C(=O)c3cc(Cl)ccc3F)C[C@@H]1C(C)(C)C2. The van der Waals surface area contributed by atoms with E-state index in [0.29, 0.717) is 30.6 Å². The molecule has 1 saturated heterocycles. The number of benzene rings is 1. The van der Waals surface area contributed by atoms with Crippen molar-refractivity contribution in [3.8, 4) is 0 Å². The number of carbonyl (C=O) groups is 1. The Morgan fingerprint density at radius 3 is 2.86 bits per heavy atom. The molecule has 1 heterocycles. The highest BCUT2D eigenvalue weighted by Crippen LogP contribution is 2.62. The molecule has 5 heteroatoms. The molecule has 1 aliphatic carbocycles. The highest BCUT2D eigenvalue weighted by Gasteiger charge is 2.63. The highest BCUT2D eigenvalue weighted by molar-refractivity contribution is 6.31. The van der Waals surface area contributed by atoms with Crippen LogP contribution in [0, 0.1) is 22.6 Å². The second-order valence-corrected chi connectivity index (χ2v) is 7.76. The summed E-state index contributed by atoms with van der Waals surface area (Å²) in [6, 6.07) is 4.11. The molecule has 0 spiro atoms. The Kier molecular flexibility index (Phi) is 3.73. The summed E-state index contributed by atoms with van der Waals surface area (Å²) in [4.78, 5) is 14.4. The van der Waals surface area contributed by atoms with Gasteiger partial charge in [0.2, 0.25) is 0 Å². The Morgan fingerprint density at radius 2 is 2.23 bits per heavy atom. The predicted molar refractivity (Wildman–Crippen MR) is 83.5 cm³/mol. The van der Waals surface area contributed by atoms with Gasteiger partial charge in [0.15, 0.2) is 0 Å². The molecule has 1 amide bonds. The molecule has 3 nitrogen and oxygen atoms in total. The number of hydrogen-bond donors (Lipinski definition) is 0. The van der Waals surface area contributed by atoms with Crippen molar-refractivity contribution in [2.75, 3.05) is 26.8 Å². The molecule has 1 aliphatic heterocycles. The van der Waals surface area contributed by atoms with Crippen molar-refractivity contribution in [3.63, 3.8) is 0 Å². The van der Waals surface area contributed by atoms with Gasteiger partial charge in [0.05, 0.1) is 12.2 Å². The molecule has 2 atom stereocenters. The van der Waals surface area contributed by atoms with E-state index < -0.39 is 5.82 Å². The third-order valence-corrected chi connectivity index (χ3v) is 5.51. The molecule has 0 N–H and O–H groups in total. The maximum absolute atomic E-state index is 13.9. The summed E-state index contributed by atoms with van der Waals surface area (Å²) in [7, 11) is 1.69. The minimum atomic E-state index is -0.520. The van der Waals surface area contributed by atoms with Crippen molar-refractivity contribution in [1.29, 1.82) is 0 Å². The minimum absolute atomic E-state index is 0.0168. The van der Waals surface area contributed by atoms with Crippen LogP contribution >= 0.6 is 11.6 Å². The molecule has 0 aromatic heterocycles. The van der Waals surface area contributed by atoms with Crippen LogP contribution in [-0.4, -0.2) is 37.6 Å². The summed E-state index contributed by atoms with van der Waals surface area (Å²) in [6.45, 7) is 6.36. The number of amides is 1. The Hall–Kier alpha value is -1.13. The maximum atomic E-state index is 13.9. The van der Waals surface area contributed by atoms with Crippen LogP contribution in [0.3, 0.4) is 0 Å². The average molecular weight is 326 g/mol. The maximum Gasteiger partial charge on any atom is 0.256 e. The van der Waals surface area contributed by atoms with Gasteiger partial charge in [-0.15, -0.1) is 0 Å². The molecular formula is C17H21ClFNO2. The van der Waals surface area contributed by atoms with Crippen LogP contribution in [0.4, 0.5) is 4.39 Å². The zero-order valence-electron chi connectivity index (χ0n) is 13.2. The van der Waals surface area contributed by atoms with Gasteiger partial charge in [0, 0.05) is 30.6 Å². The fraction of sp³-hybridized carbons (Fsp3) is 0.588. The van der Waals surface area contributed by atoms with E-state index in [0.717, 1.165) is 6.42 Å². The molecule has 1 aromatic carbocycles. The molecule has 120 valence electrons. The fourth-order valence-electron chi connectivity index (χ4n) is 4.59. The van der Waals surface area contributed by atoms with Gasteiger partial charge in [-0.3, -0.25) is 4.79 Å². The van der Waals surface area contributed by atoms with Gasteiger partial charge in [0.25, 0.3) is 5.91 Å². The quantitative estimate of drug-likeness (QED) is 0.849. The van der Waals surface area contributed by atoms with Gasteiger partial charge in [-0.1, -0.05) is 25.4 Å². The zero-order chi connectivity index (χ0) is 16.1. The summed E-state index contributed by atoms with van der Waals surface area (Å²) in [5.74, 6) is -0.402. The molecule has 0 unspecified atom stereocenters. The molecule has 22 heavy (non-hydrogen) atoms. The minimum Gasteiger partial charge on any atom is -0.384 e. The van der Waals surface area contributed by atoms with E-state index in [9.17, 15) is 9.18 Å². The summed E-state index contributed by atoms with van der Waals surface area (Å²) < 4.78 is 19.3. The first kappa shape index (κ1) is 15.8. The lowest BCUT2D eigenvalue weighted by molar-refractivity contribution is -0.107. The molecule has 1 aromatic rings. The molecule has 3 rings (SSSR count). The number of likely N-dealkylation sites (tertiary alicyclic amines) is 1. The van der Waals surface area contributed by atoms with E-state index in [1.165, 1.54) is 18.2 Å². The van der Waals surface area contributed by atoms with Crippen molar-refractivity contribution in [3.05, 3.63) is 34.6 Å². The Morgan fingerprint density at radius 1 is 1.50 bits per heavy atom. The topological polar surface area (TPSA) is 29.5 Å². The number of carbonyl (C=O) groups excluding carboxylic acids is 1. The third kappa shape index (κ3) is 2.33. The Bertz CT molecular complexity index is 619. The normalized spacial score (nSPS) is 29.1. The summed E-state index contributed by atoms with van der Waals surface area (Å²) in [5, 5.41) is 0.374. The average Bonchev–Trinajstić information content (AvgIpc) is 2.76. The van der Waals surface area contributed by atoms with Crippen LogP contribution in [-0.2, 0) is 4.74 Å². The van der Waals surface area contributed by atoms with Crippen molar-refractivity contribution in [2.24, 2.45) is 16.7 Å².